The first-order valence-corrected chi connectivity index (χ1v) is 5.77. The molecule has 0 saturated heterocycles. The fraction of sp³-hybridized carbons (Fsp3) is 0.500. The van der Waals surface area contributed by atoms with Crippen LogP contribution in [-0.2, 0) is 4.79 Å². The molecule has 1 heterocycles. The molecular weight excluding hydrogens is 263 g/mol. The van der Waals surface area contributed by atoms with Gasteiger partial charge in [0, 0.05) is 19.7 Å². The highest BCUT2D eigenvalue weighted by Gasteiger charge is 2.26. The summed E-state index contributed by atoms with van der Waals surface area (Å²) in [5.74, 6) is -0.0609. The van der Waals surface area contributed by atoms with Gasteiger partial charge >= 0.3 is 0 Å². The lowest BCUT2D eigenvalue weighted by molar-refractivity contribution is -0.128. The quantitative estimate of drug-likeness (QED) is 0.883. The second kappa shape index (κ2) is 5.51. The van der Waals surface area contributed by atoms with Gasteiger partial charge in [-0.15, -0.1) is 10.2 Å². The van der Waals surface area contributed by atoms with E-state index in [1.54, 1.807) is 13.1 Å². The molecule has 0 aromatic carbocycles. The molecule has 7 heteroatoms. The van der Waals surface area contributed by atoms with Gasteiger partial charge in [-0.2, -0.15) is 0 Å². The predicted octanol–water partition coefficient (Wildman–Crippen LogP) is 1.97. The molecule has 0 unspecified atom stereocenters. The maximum absolute atomic E-state index is 11.6. The zero-order valence-corrected chi connectivity index (χ0v) is 11.4. The van der Waals surface area contributed by atoms with Crippen molar-refractivity contribution < 1.29 is 4.79 Å². The Morgan fingerprint density at radius 3 is 2.65 bits per heavy atom. The van der Waals surface area contributed by atoms with E-state index in [4.69, 9.17) is 23.2 Å². The number of amides is 1. The molecule has 0 aliphatic heterocycles. The molecule has 0 bridgehead atoms. The number of hydrogen-bond donors (Lipinski definition) is 2. The van der Waals surface area contributed by atoms with Crippen LogP contribution in [0.3, 0.4) is 0 Å². The lowest BCUT2D eigenvalue weighted by Crippen LogP contribution is -2.39. The predicted molar refractivity (Wildman–Crippen MR) is 68.4 cm³/mol. The molecule has 0 spiro atoms. The summed E-state index contributed by atoms with van der Waals surface area (Å²) in [5, 5.41) is 13.4. The van der Waals surface area contributed by atoms with Gasteiger partial charge in [0.25, 0.3) is 0 Å². The van der Waals surface area contributed by atoms with Gasteiger partial charge in [-0.3, -0.25) is 4.79 Å². The van der Waals surface area contributed by atoms with Gasteiger partial charge in [0.15, 0.2) is 10.3 Å². The zero-order chi connectivity index (χ0) is 13.1. The van der Waals surface area contributed by atoms with E-state index >= 15 is 0 Å². The number of carbonyl (C=O) groups excluding carboxylic acids is 1. The molecule has 2 N–H and O–H groups in total. The fourth-order valence-electron chi connectivity index (χ4n) is 1.21. The van der Waals surface area contributed by atoms with Crippen molar-refractivity contribution in [2.24, 2.45) is 5.41 Å². The highest BCUT2D eigenvalue weighted by atomic mass is 35.5. The molecule has 1 amide bonds. The average molecular weight is 277 g/mol. The van der Waals surface area contributed by atoms with Crippen molar-refractivity contribution >= 4 is 34.8 Å². The van der Waals surface area contributed by atoms with Gasteiger partial charge in [-0.05, 0) is 13.8 Å². The number of rotatable bonds is 4. The number of hydrogen-bond acceptors (Lipinski definition) is 4. The van der Waals surface area contributed by atoms with E-state index in [0.29, 0.717) is 12.2 Å². The first kappa shape index (κ1) is 14.0. The summed E-state index contributed by atoms with van der Waals surface area (Å²) in [6, 6.07) is 1.57. The first-order chi connectivity index (χ1) is 7.86. The third-order valence-corrected chi connectivity index (χ3v) is 2.75. The highest BCUT2D eigenvalue weighted by molar-refractivity contribution is 6.33. The van der Waals surface area contributed by atoms with Crippen LogP contribution in [0.15, 0.2) is 6.07 Å². The third-order valence-electron chi connectivity index (χ3n) is 2.28. The van der Waals surface area contributed by atoms with Crippen LogP contribution < -0.4 is 10.6 Å². The first-order valence-electron chi connectivity index (χ1n) is 5.01. The topological polar surface area (TPSA) is 66.9 Å². The number of nitrogens with zero attached hydrogens (tertiary/aromatic N) is 2. The van der Waals surface area contributed by atoms with Crippen molar-refractivity contribution in [2.45, 2.75) is 13.8 Å². The van der Waals surface area contributed by atoms with Crippen LogP contribution in [-0.4, -0.2) is 29.7 Å². The molecule has 1 rings (SSSR count). The Labute approximate surface area is 110 Å². The maximum Gasteiger partial charge on any atom is 0.227 e. The molecule has 0 aliphatic carbocycles. The smallest absolute Gasteiger partial charge is 0.227 e. The van der Waals surface area contributed by atoms with Crippen molar-refractivity contribution in [2.75, 3.05) is 18.9 Å². The molecule has 0 radical (unpaired) electrons. The summed E-state index contributed by atoms with van der Waals surface area (Å²) in [7, 11) is 1.60. The average Bonchev–Trinajstić information content (AvgIpc) is 2.29. The van der Waals surface area contributed by atoms with Gasteiger partial charge in [-0.1, -0.05) is 23.2 Å². The van der Waals surface area contributed by atoms with Crippen molar-refractivity contribution in [1.29, 1.82) is 0 Å². The molecule has 0 fully saturated rings. The van der Waals surface area contributed by atoms with Crippen LogP contribution in [0, 0.1) is 5.41 Å². The van der Waals surface area contributed by atoms with Crippen molar-refractivity contribution in [1.82, 2.24) is 15.5 Å². The zero-order valence-electron chi connectivity index (χ0n) is 9.84. The van der Waals surface area contributed by atoms with Crippen molar-refractivity contribution in [3.63, 3.8) is 0 Å². The summed E-state index contributed by atoms with van der Waals surface area (Å²) < 4.78 is 0. The maximum atomic E-state index is 11.6. The van der Waals surface area contributed by atoms with Crippen LogP contribution in [0.5, 0.6) is 0 Å². The standard InChI is InChI=1S/C10H14Cl2N4O/c1-10(2,9(17)13-3)5-14-6-4-7(11)15-16-8(6)12/h4H,5H2,1-3H3,(H,13,17)(H,14,15). The molecule has 17 heavy (non-hydrogen) atoms. The second-order valence-corrected chi connectivity index (χ2v) is 4.93. The molecule has 94 valence electrons. The number of halogens is 2. The lowest BCUT2D eigenvalue weighted by atomic mass is 9.92. The minimum absolute atomic E-state index is 0.0609. The minimum Gasteiger partial charge on any atom is -0.381 e. The van der Waals surface area contributed by atoms with E-state index in [2.05, 4.69) is 20.8 Å². The molecule has 0 aliphatic rings. The summed E-state index contributed by atoms with van der Waals surface area (Å²) in [6.07, 6.45) is 0. The van der Waals surface area contributed by atoms with E-state index in [0.717, 1.165) is 0 Å². The van der Waals surface area contributed by atoms with Crippen LogP contribution in [0.4, 0.5) is 5.69 Å². The summed E-state index contributed by atoms with van der Waals surface area (Å²) >= 11 is 11.5. The monoisotopic (exact) mass is 276 g/mol. The number of nitrogens with one attached hydrogen (secondary N) is 2. The van der Waals surface area contributed by atoms with Gasteiger partial charge in [0.2, 0.25) is 5.91 Å². The molecule has 0 atom stereocenters. The number of carbonyl (C=O) groups is 1. The Bertz CT molecular complexity index is 423. The van der Waals surface area contributed by atoms with Gasteiger partial charge < -0.3 is 10.6 Å². The van der Waals surface area contributed by atoms with Gasteiger partial charge in [-0.25, -0.2) is 0 Å². The molecular formula is C10H14Cl2N4O. The SMILES string of the molecule is CNC(=O)C(C)(C)CNc1cc(Cl)nnc1Cl. The van der Waals surface area contributed by atoms with Crippen LogP contribution in [0.1, 0.15) is 13.8 Å². The molecule has 1 aromatic rings. The van der Waals surface area contributed by atoms with Crippen molar-refractivity contribution in [3.05, 3.63) is 16.4 Å². The Balaban J connectivity index is 2.73. The van der Waals surface area contributed by atoms with E-state index in [9.17, 15) is 4.79 Å². The largest absolute Gasteiger partial charge is 0.381 e. The van der Waals surface area contributed by atoms with Crippen LogP contribution in [0.2, 0.25) is 10.3 Å². The Morgan fingerprint density at radius 1 is 1.41 bits per heavy atom. The molecule has 5 nitrogen and oxygen atoms in total. The van der Waals surface area contributed by atoms with Crippen LogP contribution >= 0.6 is 23.2 Å². The number of anilines is 1. The summed E-state index contributed by atoms with van der Waals surface area (Å²) in [4.78, 5) is 11.6. The van der Waals surface area contributed by atoms with E-state index < -0.39 is 5.41 Å². The van der Waals surface area contributed by atoms with E-state index in [-0.39, 0.29) is 16.2 Å². The van der Waals surface area contributed by atoms with E-state index in [1.165, 1.54) is 0 Å². The van der Waals surface area contributed by atoms with Gasteiger partial charge in [0.1, 0.15) is 0 Å². The second-order valence-electron chi connectivity index (χ2n) is 4.19. The van der Waals surface area contributed by atoms with Gasteiger partial charge in [0.05, 0.1) is 11.1 Å². The van der Waals surface area contributed by atoms with Crippen LogP contribution in [0.25, 0.3) is 0 Å². The normalized spacial score (nSPS) is 11.1. The lowest BCUT2D eigenvalue weighted by Gasteiger charge is -2.23. The fourth-order valence-corrected chi connectivity index (χ4v) is 1.52. The Morgan fingerprint density at radius 2 is 2.06 bits per heavy atom. The third kappa shape index (κ3) is 3.71. The summed E-state index contributed by atoms with van der Waals surface area (Å²) in [6.45, 7) is 4.06. The van der Waals surface area contributed by atoms with Crippen molar-refractivity contribution in [3.8, 4) is 0 Å². The Hall–Kier alpha value is -1.07. The molecule has 1 aromatic heterocycles. The number of aromatic nitrogens is 2. The van der Waals surface area contributed by atoms with E-state index in [1.807, 2.05) is 13.8 Å². The molecule has 0 saturated carbocycles. The minimum atomic E-state index is -0.562. The summed E-state index contributed by atoms with van der Waals surface area (Å²) in [5.41, 5.74) is -0.00275. The highest BCUT2D eigenvalue weighted by Crippen LogP contribution is 2.23. The Kier molecular flexibility index (Phi) is 4.54.